The minimum absolute atomic E-state index is 0.00831. The van der Waals surface area contributed by atoms with Crippen molar-refractivity contribution in [2.75, 3.05) is 34.4 Å². The van der Waals surface area contributed by atoms with Crippen molar-refractivity contribution in [3.05, 3.63) is 34.8 Å². The van der Waals surface area contributed by atoms with Gasteiger partial charge in [-0.1, -0.05) is 25.0 Å². The van der Waals surface area contributed by atoms with Crippen LogP contribution in [0.4, 0.5) is 4.79 Å². The molecule has 3 N–H and O–H groups in total. The summed E-state index contributed by atoms with van der Waals surface area (Å²) in [6.07, 6.45) is 7.53. The molecule has 54 heavy (non-hydrogen) atoms. The average molecular weight is 834 g/mol. The summed E-state index contributed by atoms with van der Waals surface area (Å²) in [5.41, 5.74) is -0.990. The van der Waals surface area contributed by atoms with E-state index in [4.69, 9.17) is 14.2 Å². The maximum atomic E-state index is 14.5. The van der Waals surface area contributed by atoms with Gasteiger partial charge in [-0.2, -0.15) is 0 Å². The molecule has 15 nitrogen and oxygen atoms in total. The molecule has 1 aromatic heterocycles. The molecule has 5 atom stereocenters. The number of hydrogen-bond acceptors (Lipinski definition) is 10. The molecule has 0 radical (unpaired) electrons. The molecule has 0 spiro atoms. The molecule has 2 aromatic rings. The number of pyridine rings is 1. The normalized spacial score (nSPS) is 26.7. The number of sulfonamides is 1. The van der Waals surface area contributed by atoms with Gasteiger partial charge in [-0.05, 0) is 80.4 Å². The number of allylic oxidation sites excluding steroid dienone is 1. The van der Waals surface area contributed by atoms with Gasteiger partial charge in [-0.3, -0.25) is 19.1 Å². The standard InChI is InChI=1S/C37H49BrN6O9S/c1-6-52-29-19-28(24-14-15-27(51-5)30(38)31(24)40-29)53-23-18-26-32(45)41-37(34(47)42-54(49,50)36(2)16-17-36)20-22(37)12-10-8-7-9-11-13-25(33(46)44(26)21-23)39-35(48)43(3)4/h10,12,14-15,19,22-23,25-26H,6-9,11,13,16-18,20-21H2,1-5H3,(H,39,48)(H,41,45)(H,42,47). The van der Waals surface area contributed by atoms with E-state index in [1.807, 2.05) is 19.1 Å². The fraction of sp³-hybridized carbons (Fsp3) is 0.595. The zero-order chi connectivity index (χ0) is 39.0. The van der Waals surface area contributed by atoms with Crippen LogP contribution in [0.5, 0.6) is 17.4 Å². The maximum absolute atomic E-state index is 14.5. The zero-order valence-electron chi connectivity index (χ0n) is 31.3. The first-order valence-electron chi connectivity index (χ1n) is 18.4. The van der Waals surface area contributed by atoms with Crippen molar-refractivity contribution in [2.45, 2.75) is 100 Å². The van der Waals surface area contributed by atoms with Crippen molar-refractivity contribution < 1.29 is 41.8 Å². The lowest BCUT2D eigenvalue weighted by Crippen LogP contribution is -2.59. The number of carbonyl (C=O) groups excluding carboxylic acids is 4. The van der Waals surface area contributed by atoms with Crippen molar-refractivity contribution in [3.63, 3.8) is 0 Å². The van der Waals surface area contributed by atoms with E-state index < -0.39 is 68.2 Å². The van der Waals surface area contributed by atoms with Crippen LogP contribution in [0.25, 0.3) is 10.9 Å². The summed E-state index contributed by atoms with van der Waals surface area (Å²) in [7, 11) is 0.722. The topological polar surface area (TPSA) is 186 Å². The van der Waals surface area contributed by atoms with E-state index in [0.717, 1.165) is 12.8 Å². The second-order valence-corrected chi connectivity index (χ2v) is 18.0. The molecule has 2 aliphatic carbocycles. The number of nitrogens with one attached hydrogen (secondary N) is 3. The van der Waals surface area contributed by atoms with Gasteiger partial charge in [0.15, 0.2) is 0 Å². The van der Waals surface area contributed by atoms with E-state index >= 15 is 0 Å². The van der Waals surface area contributed by atoms with Crippen LogP contribution in [0.1, 0.15) is 71.6 Å². The summed E-state index contributed by atoms with van der Waals surface area (Å²) in [6, 6.07) is 2.74. The van der Waals surface area contributed by atoms with Gasteiger partial charge in [0.05, 0.1) is 35.0 Å². The molecule has 0 bridgehead atoms. The van der Waals surface area contributed by atoms with Crippen LogP contribution in [0, 0.1) is 5.92 Å². The predicted molar refractivity (Wildman–Crippen MR) is 204 cm³/mol. The Bertz CT molecular complexity index is 1950. The average Bonchev–Trinajstić information content (AvgIpc) is 4.00. The Morgan fingerprint density at radius 3 is 2.59 bits per heavy atom. The van der Waals surface area contributed by atoms with Crippen molar-refractivity contribution in [2.24, 2.45) is 5.92 Å². The molecule has 5 unspecified atom stereocenters. The van der Waals surface area contributed by atoms with Gasteiger partial charge in [0, 0.05) is 37.9 Å². The highest BCUT2D eigenvalue weighted by atomic mass is 79.9. The summed E-state index contributed by atoms with van der Waals surface area (Å²) < 4.78 is 45.9. The van der Waals surface area contributed by atoms with Crippen LogP contribution in [-0.4, -0.2) is 110 Å². The number of benzene rings is 1. The van der Waals surface area contributed by atoms with Gasteiger partial charge in [-0.25, -0.2) is 18.2 Å². The molecule has 3 heterocycles. The van der Waals surface area contributed by atoms with Crippen LogP contribution >= 0.6 is 15.9 Å². The Morgan fingerprint density at radius 2 is 1.91 bits per heavy atom. The summed E-state index contributed by atoms with van der Waals surface area (Å²) >= 11 is 3.58. The molecule has 3 fully saturated rings. The third kappa shape index (κ3) is 7.97. The van der Waals surface area contributed by atoms with Gasteiger partial charge in [0.25, 0.3) is 5.91 Å². The minimum atomic E-state index is -3.99. The number of ether oxygens (including phenoxy) is 3. The molecule has 1 saturated heterocycles. The SMILES string of the molecule is CCOc1cc(OC2CC3C(=O)NC4(C(=O)NS(=O)(=O)C5(C)CC5)CC4C=CCCCCCC(NC(=O)N(C)C)C(=O)N3C2)c2ccc(OC)c(Br)c2n1. The lowest BCUT2D eigenvalue weighted by atomic mass is 10.0. The third-order valence-corrected chi connectivity index (χ3v) is 13.7. The Kier molecular flexibility index (Phi) is 11.4. The lowest BCUT2D eigenvalue weighted by Gasteiger charge is -2.30. The van der Waals surface area contributed by atoms with E-state index in [1.165, 1.54) is 9.80 Å². The van der Waals surface area contributed by atoms with Crippen molar-refractivity contribution in [3.8, 4) is 17.4 Å². The summed E-state index contributed by atoms with van der Waals surface area (Å²) in [5, 5.41) is 6.37. The summed E-state index contributed by atoms with van der Waals surface area (Å²) in [6.45, 7) is 3.76. The van der Waals surface area contributed by atoms with Gasteiger partial charge in [0.1, 0.15) is 35.2 Å². The summed E-state index contributed by atoms with van der Waals surface area (Å²) in [4.78, 5) is 63.0. The number of nitrogens with zero attached hydrogens (tertiary/aromatic N) is 3. The molecule has 5 amide bonds. The fourth-order valence-corrected chi connectivity index (χ4v) is 8.98. The highest BCUT2D eigenvalue weighted by Gasteiger charge is 2.63. The van der Waals surface area contributed by atoms with Crippen LogP contribution < -0.4 is 29.6 Å². The molecule has 17 heteroatoms. The Hall–Kier alpha value is -4.12. The molecule has 1 aromatic carbocycles. The predicted octanol–water partition coefficient (Wildman–Crippen LogP) is 3.79. The number of aromatic nitrogens is 1. The van der Waals surface area contributed by atoms with E-state index in [9.17, 15) is 27.6 Å². The van der Waals surface area contributed by atoms with Crippen molar-refractivity contribution >= 4 is 60.6 Å². The van der Waals surface area contributed by atoms with Crippen molar-refractivity contribution in [1.29, 1.82) is 0 Å². The quantitative estimate of drug-likeness (QED) is 0.314. The number of urea groups is 1. The van der Waals surface area contributed by atoms with Crippen LogP contribution in [0.3, 0.4) is 0 Å². The minimum Gasteiger partial charge on any atom is -0.495 e. The fourth-order valence-electron chi connectivity index (χ4n) is 7.07. The number of halogens is 1. The van der Waals surface area contributed by atoms with Gasteiger partial charge in [0.2, 0.25) is 27.7 Å². The second-order valence-electron chi connectivity index (χ2n) is 15.0. The molecule has 2 aliphatic heterocycles. The van der Waals surface area contributed by atoms with Crippen molar-refractivity contribution in [1.82, 2.24) is 30.1 Å². The number of carbonyl (C=O) groups is 4. The first-order chi connectivity index (χ1) is 25.6. The van der Waals surface area contributed by atoms with E-state index in [-0.39, 0.29) is 19.4 Å². The molecular weight excluding hydrogens is 784 g/mol. The Labute approximate surface area is 324 Å². The molecule has 6 rings (SSSR count). The monoisotopic (exact) mass is 832 g/mol. The third-order valence-electron chi connectivity index (χ3n) is 10.8. The first-order valence-corrected chi connectivity index (χ1v) is 20.7. The Balaban J connectivity index is 1.35. The van der Waals surface area contributed by atoms with Crippen LogP contribution in [0.2, 0.25) is 0 Å². The molecule has 4 aliphatic rings. The highest BCUT2D eigenvalue weighted by Crippen LogP contribution is 2.48. The van der Waals surface area contributed by atoms with Gasteiger partial charge < -0.3 is 34.6 Å². The van der Waals surface area contributed by atoms with Crippen LogP contribution in [-0.2, 0) is 24.4 Å². The van der Waals surface area contributed by atoms with E-state index in [2.05, 4.69) is 36.3 Å². The second kappa shape index (κ2) is 15.6. The summed E-state index contributed by atoms with van der Waals surface area (Å²) in [5.74, 6) is -1.04. The largest absolute Gasteiger partial charge is 0.495 e. The zero-order valence-corrected chi connectivity index (χ0v) is 33.7. The van der Waals surface area contributed by atoms with Gasteiger partial charge >= 0.3 is 6.03 Å². The number of methoxy groups -OCH3 is 1. The number of amides is 5. The maximum Gasteiger partial charge on any atom is 0.317 e. The number of fused-ring (bicyclic) bond motifs is 3. The number of rotatable bonds is 9. The molecular formula is C37H49BrN6O9S. The molecule has 2 saturated carbocycles. The molecule has 294 valence electrons. The van der Waals surface area contributed by atoms with E-state index in [0.29, 0.717) is 71.5 Å². The number of hydrogen-bond donors (Lipinski definition) is 3. The highest BCUT2D eigenvalue weighted by molar-refractivity contribution is 9.10. The van der Waals surface area contributed by atoms with Gasteiger partial charge in [-0.15, -0.1) is 0 Å². The van der Waals surface area contributed by atoms with Crippen LogP contribution in [0.15, 0.2) is 34.8 Å². The first kappa shape index (κ1) is 39.6. The smallest absolute Gasteiger partial charge is 0.317 e. The Morgan fingerprint density at radius 1 is 1.15 bits per heavy atom. The van der Waals surface area contributed by atoms with E-state index in [1.54, 1.807) is 46.3 Å². The lowest BCUT2D eigenvalue weighted by molar-refractivity contribution is -0.141.